The molecular formula is C18H21F3N4O. The standard InChI is InChI=1S/C18H21F3N4O/c1-22-8-3-9-23-17(26)15-11-24-25(16(15)12-6-7-12)14-5-2-4-13(10-14)18(19,20)21/h2,4-5,10-12,22H,3,6-9H2,1H3,(H,23,26). The first kappa shape index (κ1) is 18.4. The highest BCUT2D eigenvalue weighted by atomic mass is 19.4. The minimum Gasteiger partial charge on any atom is -0.352 e. The van der Waals surface area contributed by atoms with Crippen LogP contribution < -0.4 is 10.6 Å². The average molecular weight is 366 g/mol. The molecule has 2 aromatic rings. The summed E-state index contributed by atoms with van der Waals surface area (Å²) in [6, 6.07) is 5.02. The lowest BCUT2D eigenvalue weighted by molar-refractivity contribution is -0.137. The number of rotatable bonds is 7. The fraction of sp³-hybridized carbons (Fsp3) is 0.444. The van der Waals surface area contributed by atoms with E-state index in [2.05, 4.69) is 15.7 Å². The number of carbonyl (C=O) groups excluding carboxylic acids is 1. The van der Waals surface area contributed by atoms with E-state index in [0.29, 0.717) is 23.5 Å². The van der Waals surface area contributed by atoms with E-state index in [1.54, 1.807) is 6.07 Å². The number of aromatic nitrogens is 2. The van der Waals surface area contributed by atoms with E-state index < -0.39 is 11.7 Å². The lowest BCUT2D eigenvalue weighted by Gasteiger charge is -2.12. The lowest BCUT2D eigenvalue weighted by atomic mass is 10.1. The van der Waals surface area contributed by atoms with E-state index in [9.17, 15) is 18.0 Å². The molecule has 0 atom stereocenters. The number of halogens is 3. The Hall–Kier alpha value is -2.35. The van der Waals surface area contributed by atoms with Crippen molar-refractivity contribution in [2.24, 2.45) is 0 Å². The van der Waals surface area contributed by atoms with Crippen molar-refractivity contribution in [2.45, 2.75) is 31.4 Å². The number of nitrogens with zero attached hydrogens (tertiary/aromatic N) is 2. The van der Waals surface area contributed by atoms with Crippen LogP contribution in [0.3, 0.4) is 0 Å². The third-order valence-corrected chi connectivity index (χ3v) is 4.32. The van der Waals surface area contributed by atoms with Gasteiger partial charge in [-0.3, -0.25) is 4.79 Å². The van der Waals surface area contributed by atoms with E-state index >= 15 is 0 Å². The molecule has 1 aromatic heterocycles. The van der Waals surface area contributed by atoms with Gasteiger partial charge in [-0.1, -0.05) is 6.07 Å². The molecule has 1 heterocycles. The van der Waals surface area contributed by atoms with Gasteiger partial charge in [0.05, 0.1) is 28.7 Å². The van der Waals surface area contributed by atoms with Gasteiger partial charge in [-0.05, 0) is 51.1 Å². The largest absolute Gasteiger partial charge is 0.416 e. The SMILES string of the molecule is CNCCCNC(=O)c1cnn(-c2cccc(C(F)(F)F)c2)c1C1CC1. The van der Waals surface area contributed by atoms with Gasteiger partial charge >= 0.3 is 6.18 Å². The summed E-state index contributed by atoms with van der Waals surface area (Å²) in [7, 11) is 1.84. The molecular weight excluding hydrogens is 345 g/mol. The van der Waals surface area contributed by atoms with Crippen LogP contribution in [0.4, 0.5) is 13.2 Å². The van der Waals surface area contributed by atoms with E-state index in [4.69, 9.17) is 0 Å². The van der Waals surface area contributed by atoms with Crippen LogP contribution in [-0.4, -0.2) is 35.8 Å². The monoisotopic (exact) mass is 366 g/mol. The topological polar surface area (TPSA) is 58.9 Å². The maximum atomic E-state index is 13.0. The molecule has 0 bridgehead atoms. The fourth-order valence-electron chi connectivity index (χ4n) is 2.86. The molecule has 0 aliphatic heterocycles. The maximum Gasteiger partial charge on any atom is 0.416 e. The predicted octanol–water partition coefficient (Wildman–Crippen LogP) is 3.11. The Kier molecular flexibility index (Phi) is 5.31. The number of nitrogens with one attached hydrogen (secondary N) is 2. The van der Waals surface area contributed by atoms with Gasteiger partial charge in [0, 0.05) is 12.5 Å². The van der Waals surface area contributed by atoms with Crippen LogP contribution in [0.1, 0.15) is 46.8 Å². The van der Waals surface area contributed by atoms with Gasteiger partial charge in [0.25, 0.3) is 5.91 Å². The van der Waals surface area contributed by atoms with Crippen LogP contribution in [0, 0.1) is 0 Å². The van der Waals surface area contributed by atoms with Crippen molar-refractivity contribution < 1.29 is 18.0 Å². The number of hydrogen-bond donors (Lipinski definition) is 2. The normalized spacial score (nSPS) is 14.5. The summed E-state index contributed by atoms with van der Waals surface area (Å²) in [6.07, 6.45) is -0.365. The summed E-state index contributed by atoms with van der Waals surface area (Å²) in [4.78, 5) is 12.5. The summed E-state index contributed by atoms with van der Waals surface area (Å²) in [5.74, 6) is -0.0775. The van der Waals surface area contributed by atoms with Crippen molar-refractivity contribution in [1.29, 1.82) is 0 Å². The molecule has 1 fully saturated rings. The molecule has 1 saturated carbocycles. The molecule has 3 rings (SSSR count). The average Bonchev–Trinajstić information content (AvgIpc) is 3.36. The van der Waals surface area contributed by atoms with Gasteiger partial charge in [-0.15, -0.1) is 0 Å². The first-order valence-electron chi connectivity index (χ1n) is 8.60. The number of benzene rings is 1. The third-order valence-electron chi connectivity index (χ3n) is 4.32. The summed E-state index contributed by atoms with van der Waals surface area (Å²) in [6.45, 7) is 1.32. The lowest BCUT2D eigenvalue weighted by Crippen LogP contribution is -2.27. The highest BCUT2D eigenvalue weighted by Gasteiger charge is 2.34. The van der Waals surface area contributed by atoms with E-state index in [1.165, 1.54) is 16.9 Å². The molecule has 1 aliphatic rings. The molecule has 26 heavy (non-hydrogen) atoms. The highest BCUT2D eigenvalue weighted by Crippen LogP contribution is 2.42. The van der Waals surface area contributed by atoms with Gasteiger partial charge in [0.2, 0.25) is 0 Å². The van der Waals surface area contributed by atoms with Crippen molar-refractivity contribution >= 4 is 5.91 Å². The summed E-state index contributed by atoms with van der Waals surface area (Å²) < 4.78 is 40.4. The second-order valence-corrected chi connectivity index (χ2v) is 6.39. The summed E-state index contributed by atoms with van der Waals surface area (Å²) >= 11 is 0. The molecule has 0 saturated heterocycles. The maximum absolute atomic E-state index is 13.0. The second-order valence-electron chi connectivity index (χ2n) is 6.39. The Morgan fingerprint density at radius 1 is 1.31 bits per heavy atom. The minimum absolute atomic E-state index is 0.158. The smallest absolute Gasteiger partial charge is 0.352 e. The zero-order valence-corrected chi connectivity index (χ0v) is 14.4. The first-order valence-corrected chi connectivity index (χ1v) is 8.60. The second kappa shape index (κ2) is 7.49. The number of amides is 1. The van der Waals surface area contributed by atoms with E-state index in [1.807, 2.05) is 7.05 Å². The number of alkyl halides is 3. The van der Waals surface area contributed by atoms with Gasteiger partial charge in [0.1, 0.15) is 0 Å². The molecule has 8 heteroatoms. The highest BCUT2D eigenvalue weighted by molar-refractivity contribution is 5.95. The van der Waals surface area contributed by atoms with Crippen molar-refractivity contribution in [1.82, 2.24) is 20.4 Å². The molecule has 0 unspecified atom stereocenters. The molecule has 5 nitrogen and oxygen atoms in total. The van der Waals surface area contributed by atoms with Crippen molar-refractivity contribution in [2.75, 3.05) is 20.1 Å². The Bertz CT molecular complexity index is 781. The van der Waals surface area contributed by atoms with Gasteiger partial charge < -0.3 is 10.6 Å². The summed E-state index contributed by atoms with van der Waals surface area (Å²) in [5, 5.41) is 10.1. The zero-order chi connectivity index (χ0) is 18.7. The summed E-state index contributed by atoms with van der Waals surface area (Å²) in [5.41, 5.74) is 0.714. The molecule has 0 spiro atoms. The third kappa shape index (κ3) is 4.07. The van der Waals surface area contributed by atoms with Crippen LogP contribution >= 0.6 is 0 Å². The van der Waals surface area contributed by atoms with Gasteiger partial charge in [-0.25, -0.2) is 4.68 Å². The molecule has 1 aromatic carbocycles. The van der Waals surface area contributed by atoms with Crippen molar-refractivity contribution in [3.8, 4) is 5.69 Å². The number of carbonyl (C=O) groups is 1. The predicted molar refractivity (Wildman–Crippen MR) is 91.4 cm³/mol. The minimum atomic E-state index is -4.42. The number of hydrogen-bond acceptors (Lipinski definition) is 3. The van der Waals surface area contributed by atoms with Crippen LogP contribution in [0.25, 0.3) is 5.69 Å². The molecule has 1 aliphatic carbocycles. The van der Waals surface area contributed by atoms with E-state index in [0.717, 1.165) is 37.9 Å². The van der Waals surface area contributed by atoms with Gasteiger partial charge in [-0.2, -0.15) is 18.3 Å². The van der Waals surface area contributed by atoms with E-state index in [-0.39, 0.29) is 11.8 Å². The molecule has 2 N–H and O–H groups in total. The van der Waals surface area contributed by atoms with Crippen LogP contribution in [0.2, 0.25) is 0 Å². The van der Waals surface area contributed by atoms with Crippen LogP contribution in [0.15, 0.2) is 30.5 Å². The molecule has 1 amide bonds. The van der Waals surface area contributed by atoms with Gasteiger partial charge in [0.15, 0.2) is 0 Å². The quantitative estimate of drug-likeness (QED) is 0.741. The van der Waals surface area contributed by atoms with Crippen molar-refractivity contribution in [3.05, 3.63) is 47.3 Å². The molecule has 140 valence electrons. The Morgan fingerprint density at radius 2 is 2.08 bits per heavy atom. The zero-order valence-electron chi connectivity index (χ0n) is 14.4. The van der Waals surface area contributed by atoms with Crippen LogP contribution in [-0.2, 0) is 6.18 Å². The first-order chi connectivity index (χ1) is 12.4. The Labute approximate surface area is 149 Å². The Balaban J connectivity index is 1.88. The van der Waals surface area contributed by atoms with Crippen LogP contribution in [0.5, 0.6) is 0 Å². The fourth-order valence-corrected chi connectivity index (χ4v) is 2.86. The molecule has 0 radical (unpaired) electrons. The Morgan fingerprint density at radius 3 is 2.73 bits per heavy atom. The van der Waals surface area contributed by atoms with Crippen molar-refractivity contribution in [3.63, 3.8) is 0 Å².